The zero-order valence-corrected chi connectivity index (χ0v) is 12.8. The molecule has 5 heteroatoms. The third-order valence-electron chi connectivity index (χ3n) is 4.50. The Labute approximate surface area is 129 Å². The number of hydrogen-bond donors (Lipinski definition) is 1. The Bertz CT molecular complexity index is 732. The summed E-state index contributed by atoms with van der Waals surface area (Å²) < 4.78 is 0. The molecule has 22 heavy (non-hydrogen) atoms. The molecule has 2 aromatic rings. The van der Waals surface area contributed by atoms with Crippen LogP contribution in [0.25, 0.3) is 10.9 Å². The summed E-state index contributed by atoms with van der Waals surface area (Å²) in [6.45, 7) is 0. The molecular weight excluding hydrogens is 278 g/mol. The second-order valence-corrected chi connectivity index (χ2v) is 5.97. The number of carbonyl (C=O) groups excluding carboxylic acids is 1. The highest BCUT2D eigenvalue weighted by Crippen LogP contribution is 2.22. The zero-order chi connectivity index (χ0) is 15.5. The van der Waals surface area contributed by atoms with Crippen molar-refractivity contribution in [3.05, 3.63) is 40.4 Å². The standard InChI is InChI=1S/C17H21N3O2/c1-20(12-6-2-3-7-12)16(21)11-10-15-18-14-9-5-4-8-13(14)17(22)19-15/h4-5,8-9,12H,2-3,6-7,10-11H2,1H3,(H,18,19,22). The highest BCUT2D eigenvalue weighted by atomic mass is 16.2. The Morgan fingerprint density at radius 2 is 2.05 bits per heavy atom. The number of nitrogens with zero attached hydrogens (tertiary/aromatic N) is 2. The molecule has 116 valence electrons. The highest BCUT2D eigenvalue weighted by Gasteiger charge is 2.23. The lowest BCUT2D eigenvalue weighted by molar-refractivity contribution is -0.131. The van der Waals surface area contributed by atoms with E-state index in [2.05, 4.69) is 9.97 Å². The maximum atomic E-state index is 12.3. The number of aromatic amines is 1. The number of carbonyl (C=O) groups is 1. The van der Waals surface area contributed by atoms with Crippen molar-refractivity contribution in [2.24, 2.45) is 0 Å². The van der Waals surface area contributed by atoms with Crippen molar-refractivity contribution in [1.82, 2.24) is 14.9 Å². The summed E-state index contributed by atoms with van der Waals surface area (Å²) >= 11 is 0. The molecule has 1 amide bonds. The van der Waals surface area contributed by atoms with E-state index in [1.165, 1.54) is 12.8 Å². The summed E-state index contributed by atoms with van der Waals surface area (Å²) in [5.74, 6) is 0.708. The Balaban J connectivity index is 1.68. The van der Waals surface area contributed by atoms with Gasteiger partial charge in [0.25, 0.3) is 5.56 Å². The average molecular weight is 299 g/mol. The van der Waals surface area contributed by atoms with Crippen LogP contribution in [0.1, 0.15) is 37.9 Å². The Kier molecular flexibility index (Phi) is 4.22. The molecule has 5 nitrogen and oxygen atoms in total. The molecule has 1 N–H and O–H groups in total. The largest absolute Gasteiger partial charge is 0.343 e. The number of fused-ring (bicyclic) bond motifs is 1. The SMILES string of the molecule is CN(C(=O)CCc1nc2ccccc2c(=O)[nH]1)C1CCCC1. The molecule has 0 bridgehead atoms. The van der Waals surface area contributed by atoms with E-state index in [0.29, 0.717) is 35.6 Å². The molecule has 1 aliphatic carbocycles. The summed E-state index contributed by atoms with van der Waals surface area (Å²) in [5, 5.41) is 0.584. The smallest absolute Gasteiger partial charge is 0.258 e. The number of aryl methyl sites for hydroxylation is 1. The molecule has 1 heterocycles. The number of aromatic nitrogens is 2. The Hall–Kier alpha value is -2.17. The lowest BCUT2D eigenvalue weighted by Crippen LogP contribution is -2.35. The summed E-state index contributed by atoms with van der Waals surface area (Å²) in [5.41, 5.74) is 0.537. The number of amides is 1. The van der Waals surface area contributed by atoms with E-state index in [9.17, 15) is 9.59 Å². The molecule has 1 aromatic carbocycles. The molecule has 3 rings (SSSR count). The van der Waals surface area contributed by atoms with Crippen molar-refractivity contribution >= 4 is 16.8 Å². The van der Waals surface area contributed by atoms with Gasteiger partial charge in [-0.2, -0.15) is 0 Å². The van der Waals surface area contributed by atoms with Gasteiger partial charge in [0, 0.05) is 25.9 Å². The van der Waals surface area contributed by atoms with Gasteiger partial charge in [0.2, 0.25) is 5.91 Å². The first-order chi connectivity index (χ1) is 10.6. The first kappa shape index (κ1) is 14.8. The molecule has 1 saturated carbocycles. The van der Waals surface area contributed by atoms with Gasteiger partial charge in [-0.05, 0) is 25.0 Å². The van der Waals surface area contributed by atoms with Crippen LogP contribution < -0.4 is 5.56 Å². The predicted molar refractivity (Wildman–Crippen MR) is 85.7 cm³/mol. The van der Waals surface area contributed by atoms with Crippen LogP contribution >= 0.6 is 0 Å². The number of rotatable bonds is 4. The van der Waals surface area contributed by atoms with Crippen LogP contribution in [0.15, 0.2) is 29.1 Å². The van der Waals surface area contributed by atoms with E-state index in [0.717, 1.165) is 12.8 Å². The first-order valence-corrected chi connectivity index (χ1v) is 7.89. The summed E-state index contributed by atoms with van der Waals surface area (Å²) in [7, 11) is 1.88. The Morgan fingerprint density at radius 3 is 2.82 bits per heavy atom. The highest BCUT2D eigenvalue weighted by molar-refractivity contribution is 5.78. The van der Waals surface area contributed by atoms with Gasteiger partial charge in [-0.3, -0.25) is 9.59 Å². The normalized spacial score (nSPS) is 15.3. The summed E-state index contributed by atoms with van der Waals surface area (Å²) in [6, 6.07) is 7.64. The lowest BCUT2D eigenvalue weighted by Gasteiger charge is -2.24. The minimum atomic E-state index is -0.141. The first-order valence-electron chi connectivity index (χ1n) is 7.89. The van der Waals surface area contributed by atoms with E-state index >= 15 is 0 Å². The van der Waals surface area contributed by atoms with Crippen molar-refractivity contribution in [1.29, 1.82) is 0 Å². The third kappa shape index (κ3) is 3.03. The van der Waals surface area contributed by atoms with Crippen molar-refractivity contribution in [2.45, 2.75) is 44.6 Å². The maximum absolute atomic E-state index is 12.3. The third-order valence-corrected chi connectivity index (χ3v) is 4.50. The fraction of sp³-hybridized carbons (Fsp3) is 0.471. The van der Waals surface area contributed by atoms with Crippen LogP contribution in [0, 0.1) is 0 Å². The molecule has 1 fully saturated rings. The topological polar surface area (TPSA) is 66.1 Å². The second-order valence-electron chi connectivity index (χ2n) is 5.97. The van der Waals surface area contributed by atoms with Crippen molar-refractivity contribution in [2.75, 3.05) is 7.05 Å². The zero-order valence-electron chi connectivity index (χ0n) is 12.8. The molecule has 0 saturated heterocycles. The van der Waals surface area contributed by atoms with E-state index in [-0.39, 0.29) is 11.5 Å². The fourth-order valence-electron chi connectivity index (χ4n) is 3.15. The van der Waals surface area contributed by atoms with Crippen molar-refractivity contribution in [3.63, 3.8) is 0 Å². The van der Waals surface area contributed by atoms with Crippen LogP contribution in [-0.4, -0.2) is 33.9 Å². The number of hydrogen-bond acceptors (Lipinski definition) is 3. The number of para-hydroxylation sites is 1. The van der Waals surface area contributed by atoms with Gasteiger partial charge in [-0.15, -0.1) is 0 Å². The maximum Gasteiger partial charge on any atom is 0.258 e. The number of nitrogens with one attached hydrogen (secondary N) is 1. The van der Waals surface area contributed by atoms with Gasteiger partial charge in [-0.25, -0.2) is 4.98 Å². The van der Waals surface area contributed by atoms with Gasteiger partial charge in [0.1, 0.15) is 5.82 Å². The predicted octanol–water partition coefficient (Wildman–Crippen LogP) is 2.26. The summed E-state index contributed by atoms with van der Waals surface area (Å²) in [4.78, 5) is 33.3. The molecule has 0 aliphatic heterocycles. The minimum absolute atomic E-state index is 0.128. The van der Waals surface area contributed by atoms with Gasteiger partial charge >= 0.3 is 0 Å². The summed E-state index contributed by atoms with van der Waals surface area (Å²) in [6.07, 6.45) is 5.48. The van der Waals surface area contributed by atoms with Gasteiger partial charge < -0.3 is 9.88 Å². The second kappa shape index (κ2) is 6.30. The van der Waals surface area contributed by atoms with Crippen LogP contribution in [0.2, 0.25) is 0 Å². The van der Waals surface area contributed by atoms with Crippen LogP contribution in [0.5, 0.6) is 0 Å². The lowest BCUT2D eigenvalue weighted by atomic mass is 10.2. The quantitative estimate of drug-likeness (QED) is 0.941. The average Bonchev–Trinajstić information content (AvgIpc) is 3.06. The fourth-order valence-corrected chi connectivity index (χ4v) is 3.15. The molecular formula is C17H21N3O2. The molecule has 1 aromatic heterocycles. The molecule has 0 atom stereocenters. The van der Waals surface area contributed by atoms with E-state index in [4.69, 9.17) is 0 Å². The molecule has 0 radical (unpaired) electrons. The van der Waals surface area contributed by atoms with Crippen LogP contribution in [0.3, 0.4) is 0 Å². The van der Waals surface area contributed by atoms with Gasteiger partial charge in [0.15, 0.2) is 0 Å². The minimum Gasteiger partial charge on any atom is -0.343 e. The monoisotopic (exact) mass is 299 g/mol. The van der Waals surface area contributed by atoms with E-state index in [1.807, 2.05) is 30.1 Å². The molecule has 1 aliphatic rings. The molecule has 0 unspecified atom stereocenters. The van der Waals surface area contributed by atoms with Crippen LogP contribution in [0.4, 0.5) is 0 Å². The van der Waals surface area contributed by atoms with E-state index in [1.54, 1.807) is 6.07 Å². The van der Waals surface area contributed by atoms with Gasteiger partial charge in [0.05, 0.1) is 10.9 Å². The van der Waals surface area contributed by atoms with E-state index < -0.39 is 0 Å². The van der Waals surface area contributed by atoms with Gasteiger partial charge in [-0.1, -0.05) is 25.0 Å². The Morgan fingerprint density at radius 1 is 1.32 bits per heavy atom. The number of benzene rings is 1. The molecule has 0 spiro atoms. The van der Waals surface area contributed by atoms with Crippen LogP contribution in [-0.2, 0) is 11.2 Å². The number of H-pyrrole nitrogens is 1. The van der Waals surface area contributed by atoms with Crippen molar-refractivity contribution < 1.29 is 4.79 Å². The van der Waals surface area contributed by atoms with Crippen molar-refractivity contribution in [3.8, 4) is 0 Å².